The number of piperazine rings is 1. The molecule has 1 aliphatic rings. The molecule has 1 saturated heterocycles. The van der Waals surface area contributed by atoms with Crippen LogP contribution in [0.5, 0.6) is 0 Å². The van der Waals surface area contributed by atoms with Crippen LogP contribution in [-0.2, 0) is 6.18 Å². The van der Waals surface area contributed by atoms with Crippen LogP contribution in [0.4, 0.5) is 19.1 Å². The molecule has 1 aromatic heterocycles. The smallest absolute Gasteiger partial charge is 0.338 e. The molecule has 20 heavy (non-hydrogen) atoms. The first-order valence-corrected chi connectivity index (χ1v) is 6.34. The van der Waals surface area contributed by atoms with Crippen molar-refractivity contribution in [1.29, 1.82) is 0 Å². The molecule has 2 aromatic rings. The van der Waals surface area contributed by atoms with E-state index in [-0.39, 0.29) is 0 Å². The molecule has 1 N–H and O–H groups in total. The molecule has 0 amide bonds. The van der Waals surface area contributed by atoms with E-state index in [1.165, 1.54) is 6.07 Å². The Morgan fingerprint density at radius 2 is 1.90 bits per heavy atom. The molecule has 1 aliphatic heterocycles. The van der Waals surface area contributed by atoms with Gasteiger partial charge >= 0.3 is 6.18 Å². The maximum absolute atomic E-state index is 12.7. The highest BCUT2D eigenvalue weighted by atomic mass is 19.4. The lowest BCUT2D eigenvalue weighted by Gasteiger charge is -2.27. The standard InChI is InChI=1S/C13H13F3N4/c14-13(15,16)10-2-1-9-8-18-12(19-11(9)7-10)20-5-3-17-4-6-20/h1-2,7-8,17H,3-6H2. The molecule has 3 rings (SSSR count). The van der Waals surface area contributed by atoms with E-state index < -0.39 is 11.7 Å². The Hall–Kier alpha value is -1.89. The lowest BCUT2D eigenvalue weighted by atomic mass is 10.1. The normalized spacial score (nSPS) is 16.6. The van der Waals surface area contributed by atoms with E-state index in [1.807, 2.05) is 4.90 Å². The summed E-state index contributed by atoms with van der Waals surface area (Å²) in [5.41, 5.74) is -0.363. The molecule has 7 heteroatoms. The maximum atomic E-state index is 12.7. The van der Waals surface area contributed by atoms with Gasteiger partial charge in [0.15, 0.2) is 0 Å². The number of nitrogens with zero attached hydrogens (tertiary/aromatic N) is 3. The summed E-state index contributed by atoms with van der Waals surface area (Å²) in [7, 11) is 0. The number of benzene rings is 1. The van der Waals surface area contributed by atoms with Crippen molar-refractivity contribution in [2.45, 2.75) is 6.18 Å². The third kappa shape index (κ3) is 2.53. The number of rotatable bonds is 1. The summed E-state index contributed by atoms with van der Waals surface area (Å²) in [5, 5.41) is 3.81. The first-order valence-electron chi connectivity index (χ1n) is 6.34. The van der Waals surface area contributed by atoms with E-state index in [4.69, 9.17) is 0 Å². The minimum atomic E-state index is -4.35. The van der Waals surface area contributed by atoms with Crippen LogP contribution in [0.2, 0.25) is 0 Å². The Morgan fingerprint density at radius 3 is 2.60 bits per heavy atom. The highest BCUT2D eigenvalue weighted by Crippen LogP contribution is 2.31. The molecule has 2 heterocycles. The molecule has 0 atom stereocenters. The predicted octanol–water partition coefficient (Wildman–Crippen LogP) is 2.06. The minimum absolute atomic E-state index is 0.323. The second-order valence-corrected chi connectivity index (χ2v) is 4.68. The molecule has 4 nitrogen and oxygen atoms in total. The van der Waals surface area contributed by atoms with Gasteiger partial charge in [0.05, 0.1) is 11.1 Å². The molecule has 0 bridgehead atoms. The van der Waals surface area contributed by atoms with Crippen molar-refractivity contribution in [3.05, 3.63) is 30.0 Å². The van der Waals surface area contributed by atoms with Gasteiger partial charge in [-0.05, 0) is 12.1 Å². The number of halogens is 3. The van der Waals surface area contributed by atoms with Crippen molar-refractivity contribution in [2.24, 2.45) is 0 Å². The van der Waals surface area contributed by atoms with Crippen molar-refractivity contribution in [3.8, 4) is 0 Å². The third-order valence-corrected chi connectivity index (χ3v) is 3.30. The molecule has 0 spiro atoms. The Bertz CT molecular complexity index is 621. The predicted molar refractivity (Wildman–Crippen MR) is 69.6 cm³/mol. The first kappa shape index (κ1) is 13.1. The van der Waals surface area contributed by atoms with Gasteiger partial charge in [0.25, 0.3) is 0 Å². The second kappa shape index (κ2) is 4.90. The van der Waals surface area contributed by atoms with Crippen LogP contribution in [0.1, 0.15) is 5.56 Å². The van der Waals surface area contributed by atoms with Crippen LogP contribution in [0.25, 0.3) is 10.9 Å². The fourth-order valence-electron chi connectivity index (χ4n) is 2.21. The maximum Gasteiger partial charge on any atom is 0.416 e. The van der Waals surface area contributed by atoms with Gasteiger partial charge in [-0.15, -0.1) is 0 Å². The largest absolute Gasteiger partial charge is 0.416 e. The van der Waals surface area contributed by atoms with Crippen molar-refractivity contribution >= 4 is 16.9 Å². The van der Waals surface area contributed by atoms with E-state index in [2.05, 4.69) is 15.3 Å². The summed E-state index contributed by atoms with van der Waals surface area (Å²) in [4.78, 5) is 10.5. The molecule has 1 fully saturated rings. The van der Waals surface area contributed by atoms with Gasteiger partial charge in [-0.3, -0.25) is 0 Å². The summed E-state index contributed by atoms with van der Waals surface area (Å²) < 4.78 is 38.1. The Balaban J connectivity index is 2.00. The molecule has 1 aromatic carbocycles. The van der Waals surface area contributed by atoms with E-state index in [0.717, 1.165) is 38.3 Å². The van der Waals surface area contributed by atoms with Gasteiger partial charge in [0.2, 0.25) is 5.95 Å². The lowest BCUT2D eigenvalue weighted by Crippen LogP contribution is -2.44. The average molecular weight is 282 g/mol. The Morgan fingerprint density at radius 1 is 1.15 bits per heavy atom. The van der Waals surface area contributed by atoms with Gasteiger partial charge in [0, 0.05) is 37.8 Å². The van der Waals surface area contributed by atoms with Crippen molar-refractivity contribution < 1.29 is 13.2 Å². The van der Waals surface area contributed by atoms with E-state index in [9.17, 15) is 13.2 Å². The molecular weight excluding hydrogens is 269 g/mol. The second-order valence-electron chi connectivity index (χ2n) is 4.68. The number of fused-ring (bicyclic) bond motifs is 1. The van der Waals surface area contributed by atoms with E-state index in [1.54, 1.807) is 6.20 Å². The monoisotopic (exact) mass is 282 g/mol. The third-order valence-electron chi connectivity index (χ3n) is 3.30. The SMILES string of the molecule is FC(F)(F)c1ccc2cnc(N3CCNCC3)nc2c1. The number of hydrogen-bond donors (Lipinski definition) is 1. The van der Waals surface area contributed by atoms with Crippen molar-refractivity contribution in [1.82, 2.24) is 15.3 Å². The summed E-state index contributed by atoms with van der Waals surface area (Å²) >= 11 is 0. The van der Waals surface area contributed by atoms with Gasteiger partial charge < -0.3 is 10.2 Å². The fraction of sp³-hybridized carbons (Fsp3) is 0.385. The van der Waals surface area contributed by atoms with E-state index in [0.29, 0.717) is 16.9 Å². The zero-order chi connectivity index (χ0) is 14.2. The Labute approximate surface area is 113 Å². The average Bonchev–Trinajstić information content (AvgIpc) is 2.46. The van der Waals surface area contributed by atoms with Crippen LogP contribution >= 0.6 is 0 Å². The highest BCUT2D eigenvalue weighted by molar-refractivity contribution is 5.79. The number of hydrogen-bond acceptors (Lipinski definition) is 4. The summed E-state index contributed by atoms with van der Waals surface area (Å²) in [6, 6.07) is 3.53. The van der Waals surface area contributed by atoms with Crippen LogP contribution < -0.4 is 10.2 Å². The molecule has 0 radical (unpaired) electrons. The van der Waals surface area contributed by atoms with Crippen LogP contribution in [0.15, 0.2) is 24.4 Å². The topological polar surface area (TPSA) is 41.1 Å². The van der Waals surface area contributed by atoms with Gasteiger partial charge in [-0.1, -0.05) is 6.07 Å². The highest BCUT2D eigenvalue weighted by Gasteiger charge is 2.30. The zero-order valence-corrected chi connectivity index (χ0v) is 10.6. The van der Waals surface area contributed by atoms with Crippen LogP contribution in [0.3, 0.4) is 0 Å². The van der Waals surface area contributed by atoms with Crippen molar-refractivity contribution in [3.63, 3.8) is 0 Å². The fourth-order valence-corrected chi connectivity index (χ4v) is 2.21. The molecule has 0 aliphatic carbocycles. The lowest BCUT2D eigenvalue weighted by molar-refractivity contribution is -0.137. The molecule has 0 saturated carbocycles. The molecular formula is C13H13F3N4. The zero-order valence-electron chi connectivity index (χ0n) is 10.6. The number of alkyl halides is 3. The summed E-state index contributed by atoms with van der Waals surface area (Å²) in [5.74, 6) is 0.485. The number of anilines is 1. The Kier molecular flexibility index (Phi) is 3.21. The van der Waals surface area contributed by atoms with Gasteiger partial charge in [-0.25, -0.2) is 9.97 Å². The van der Waals surface area contributed by atoms with Crippen LogP contribution in [0, 0.1) is 0 Å². The van der Waals surface area contributed by atoms with Gasteiger partial charge in [0.1, 0.15) is 0 Å². The van der Waals surface area contributed by atoms with E-state index >= 15 is 0 Å². The first-order chi connectivity index (χ1) is 9.54. The summed E-state index contributed by atoms with van der Waals surface area (Å²) in [6.07, 6.45) is -2.78. The number of nitrogens with one attached hydrogen (secondary N) is 1. The molecule has 0 unspecified atom stereocenters. The van der Waals surface area contributed by atoms with Gasteiger partial charge in [-0.2, -0.15) is 13.2 Å². The van der Waals surface area contributed by atoms with Crippen LogP contribution in [-0.4, -0.2) is 36.1 Å². The number of aromatic nitrogens is 2. The minimum Gasteiger partial charge on any atom is -0.338 e. The quantitative estimate of drug-likeness (QED) is 0.869. The summed E-state index contributed by atoms with van der Waals surface area (Å²) in [6.45, 7) is 3.16. The molecule has 106 valence electrons. The van der Waals surface area contributed by atoms with Crippen molar-refractivity contribution in [2.75, 3.05) is 31.1 Å².